The number of nitrogens with zero attached hydrogens (tertiary/aromatic N) is 2. The number of nitrogens with one attached hydrogen (secondary N) is 1. The molecular formula is C24H23N3O4. The number of anilines is 3. The van der Waals surface area contributed by atoms with Crippen molar-refractivity contribution in [3.8, 4) is 0 Å². The normalized spacial score (nSPS) is 17.6. The summed E-state index contributed by atoms with van der Waals surface area (Å²) < 4.78 is 10.7. The lowest BCUT2D eigenvalue weighted by Gasteiger charge is -2.24. The van der Waals surface area contributed by atoms with Crippen molar-refractivity contribution < 1.29 is 18.7 Å². The van der Waals surface area contributed by atoms with E-state index >= 15 is 0 Å². The SMILES string of the molecule is CC1Cc2ccccc2N1Cc1occc1C(=O)Nc1cccc(N2CCOC2=O)c1. The van der Waals surface area contributed by atoms with Crippen molar-refractivity contribution in [1.29, 1.82) is 0 Å². The quantitative estimate of drug-likeness (QED) is 0.664. The number of para-hydroxylation sites is 1. The zero-order valence-corrected chi connectivity index (χ0v) is 17.2. The van der Waals surface area contributed by atoms with E-state index in [2.05, 4.69) is 35.3 Å². The van der Waals surface area contributed by atoms with Crippen LogP contribution >= 0.6 is 0 Å². The molecule has 31 heavy (non-hydrogen) atoms. The third-order valence-electron chi connectivity index (χ3n) is 5.83. The Morgan fingerprint density at radius 3 is 2.87 bits per heavy atom. The van der Waals surface area contributed by atoms with Crippen LogP contribution in [0.25, 0.3) is 0 Å². The van der Waals surface area contributed by atoms with E-state index in [4.69, 9.17) is 9.15 Å². The molecule has 2 aliphatic heterocycles. The first kappa shape index (κ1) is 19.2. The van der Waals surface area contributed by atoms with Gasteiger partial charge in [-0.2, -0.15) is 0 Å². The van der Waals surface area contributed by atoms with E-state index in [1.165, 1.54) is 11.3 Å². The van der Waals surface area contributed by atoms with Crippen molar-refractivity contribution in [3.05, 3.63) is 77.7 Å². The molecule has 0 bridgehead atoms. The maximum atomic E-state index is 13.0. The second-order valence-electron chi connectivity index (χ2n) is 7.84. The summed E-state index contributed by atoms with van der Waals surface area (Å²) in [6, 6.07) is 17.5. The van der Waals surface area contributed by atoms with Crippen LogP contribution in [0.3, 0.4) is 0 Å². The Balaban J connectivity index is 1.33. The molecule has 7 heteroatoms. The summed E-state index contributed by atoms with van der Waals surface area (Å²) in [6.45, 7) is 3.56. The van der Waals surface area contributed by atoms with Crippen molar-refractivity contribution in [2.24, 2.45) is 0 Å². The van der Waals surface area contributed by atoms with Crippen LogP contribution in [0.1, 0.15) is 28.6 Å². The zero-order valence-electron chi connectivity index (χ0n) is 17.2. The Morgan fingerprint density at radius 2 is 2.03 bits per heavy atom. The van der Waals surface area contributed by atoms with Gasteiger partial charge in [-0.25, -0.2) is 4.79 Å². The van der Waals surface area contributed by atoms with Crippen LogP contribution in [-0.4, -0.2) is 31.2 Å². The van der Waals surface area contributed by atoms with Gasteiger partial charge in [-0.05, 0) is 49.2 Å². The van der Waals surface area contributed by atoms with E-state index in [0.29, 0.717) is 48.4 Å². The number of amides is 2. The maximum absolute atomic E-state index is 13.0. The predicted octanol–water partition coefficient (Wildman–Crippen LogP) is 4.44. The van der Waals surface area contributed by atoms with Gasteiger partial charge in [0.05, 0.1) is 24.9 Å². The zero-order chi connectivity index (χ0) is 21.4. The van der Waals surface area contributed by atoms with Crippen molar-refractivity contribution in [3.63, 3.8) is 0 Å². The minimum Gasteiger partial charge on any atom is -0.467 e. The Morgan fingerprint density at radius 1 is 1.16 bits per heavy atom. The van der Waals surface area contributed by atoms with Crippen LogP contribution in [0, 0.1) is 0 Å². The van der Waals surface area contributed by atoms with Crippen LogP contribution in [0.15, 0.2) is 65.3 Å². The molecule has 1 aromatic heterocycles. The van der Waals surface area contributed by atoms with E-state index in [0.717, 1.165) is 6.42 Å². The van der Waals surface area contributed by atoms with Gasteiger partial charge in [0.15, 0.2) is 0 Å². The van der Waals surface area contributed by atoms with Gasteiger partial charge < -0.3 is 19.4 Å². The molecule has 1 atom stereocenters. The number of carbonyl (C=O) groups is 2. The van der Waals surface area contributed by atoms with Crippen LogP contribution in [-0.2, 0) is 17.7 Å². The number of furan rings is 1. The van der Waals surface area contributed by atoms with Gasteiger partial charge in [0.2, 0.25) is 0 Å². The monoisotopic (exact) mass is 417 g/mol. The lowest BCUT2D eigenvalue weighted by Crippen LogP contribution is -2.29. The van der Waals surface area contributed by atoms with Crippen LogP contribution in [0.4, 0.5) is 21.9 Å². The summed E-state index contributed by atoms with van der Waals surface area (Å²) in [7, 11) is 0. The molecule has 0 saturated carbocycles. The number of hydrogen-bond donors (Lipinski definition) is 1. The first-order valence-electron chi connectivity index (χ1n) is 10.4. The highest BCUT2D eigenvalue weighted by atomic mass is 16.6. The molecule has 2 amide bonds. The molecule has 0 radical (unpaired) electrons. The number of hydrogen-bond acceptors (Lipinski definition) is 5. The van der Waals surface area contributed by atoms with Gasteiger partial charge in [0.1, 0.15) is 12.4 Å². The largest absolute Gasteiger partial charge is 0.467 e. The van der Waals surface area contributed by atoms with E-state index in [9.17, 15) is 9.59 Å². The summed E-state index contributed by atoms with van der Waals surface area (Å²) in [4.78, 5) is 28.6. The number of carbonyl (C=O) groups excluding carboxylic acids is 2. The molecule has 3 aromatic rings. The van der Waals surface area contributed by atoms with Gasteiger partial charge >= 0.3 is 6.09 Å². The molecule has 1 fully saturated rings. The predicted molar refractivity (Wildman–Crippen MR) is 118 cm³/mol. The summed E-state index contributed by atoms with van der Waals surface area (Å²) in [5.74, 6) is 0.380. The average Bonchev–Trinajstić information content (AvgIpc) is 3.48. The molecule has 5 rings (SSSR count). The number of rotatable bonds is 5. The molecule has 2 aromatic carbocycles. The smallest absolute Gasteiger partial charge is 0.414 e. The van der Waals surface area contributed by atoms with E-state index < -0.39 is 0 Å². The second-order valence-corrected chi connectivity index (χ2v) is 7.84. The average molecular weight is 417 g/mol. The fourth-order valence-corrected chi connectivity index (χ4v) is 4.27. The second kappa shape index (κ2) is 7.83. The topological polar surface area (TPSA) is 75.0 Å². The van der Waals surface area contributed by atoms with Gasteiger partial charge in [0.25, 0.3) is 5.91 Å². The molecular weight excluding hydrogens is 394 g/mol. The Kier molecular flexibility index (Phi) is 4.86. The minimum absolute atomic E-state index is 0.245. The Labute approximate surface area is 180 Å². The summed E-state index contributed by atoms with van der Waals surface area (Å²) in [5.41, 5.74) is 4.29. The van der Waals surface area contributed by atoms with Crippen molar-refractivity contribution in [1.82, 2.24) is 0 Å². The number of benzene rings is 2. The lowest BCUT2D eigenvalue weighted by atomic mass is 10.1. The standard InChI is InChI=1S/C24H23N3O4/c1-16-13-17-5-2-3-8-21(17)27(16)15-22-20(9-11-30-22)23(28)25-18-6-4-7-19(14-18)26-10-12-31-24(26)29/h2-9,11,14,16H,10,12-13,15H2,1H3,(H,25,28). The van der Waals surface area contributed by atoms with Crippen LogP contribution in [0.5, 0.6) is 0 Å². The van der Waals surface area contributed by atoms with Gasteiger partial charge in [-0.1, -0.05) is 24.3 Å². The lowest BCUT2D eigenvalue weighted by molar-refractivity contribution is 0.102. The van der Waals surface area contributed by atoms with Gasteiger partial charge in [0, 0.05) is 23.1 Å². The third kappa shape index (κ3) is 3.63. The number of fused-ring (bicyclic) bond motifs is 1. The fourth-order valence-electron chi connectivity index (χ4n) is 4.27. The molecule has 0 aliphatic carbocycles. The Bertz CT molecular complexity index is 1140. The third-order valence-corrected chi connectivity index (χ3v) is 5.83. The van der Waals surface area contributed by atoms with Crippen molar-refractivity contribution in [2.45, 2.75) is 25.9 Å². The molecule has 2 aliphatic rings. The molecule has 1 unspecified atom stereocenters. The molecule has 0 spiro atoms. The Hall–Kier alpha value is -3.74. The van der Waals surface area contributed by atoms with E-state index in [1.807, 2.05) is 12.1 Å². The first-order valence-corrected chi connectivity index (χ1v) is 10.4. The van der Waals surface area contributed by atoms with E-state index in [1.54, 1.807) is 35.4 Å². The van der Waals surface area contributed by atoms with Crippen LogP contribution in [0.2, 0.25) is 0 Å². The first-order chi connectivity index (χ1) is 15.1. The fraction of sp³-hybridized carbons (Fsp3) is 0.250. The maximum Gasteiger partial charge on any atom is 0.414 e. The molecule has 3 heterocycles. The van der Waals surface area contributed by atoms with E-state index in [-0.39, 0.29) is 12.0 Å². The highest BCUT2D eigenvalue weighted by Gasteiger charge is 2.28. The number of cyclic esters (lactones) is 1. The summed E-state index contributed by atoms with van der Waals surface area (Å²) >= 11 is 0. The van der Waals surface area contributed by atoms with Crippen molar-refractivity contribution in [2.75, 3.05) is 28.3 Å². The van der Waals surface area contributed by atoms with Gasteiger partial charge in [-0.15, -0.1) is 0 Å². The van der Waals surface area contributed by atoms with Crippen molar-refractivity contribution >= 4 is 29.1 Å². The van der Waals surface area contributed by atoms with Gasteiger partial charge in [-0.3, -0.25) is 9.69 Å². The molecule has 1 saturated heterocycles. The number of ether oxygens (including phenoxy) is 1. The summed E-state index contributed by atoms with van der Waals surface area (Å²) in [5, 5.41) is 2.92. The molecule has 1 N–H and O–H groups in total. The van der Waals surface area contributed by atoms with Crippen LogP contribution < -0.4 is 15.1 Å². The highest BCUT2D eigenvalue weighted by Crippen LogP contribution is 2.33. The summed E-state index contributed by atoms with van der Waals surface area (Å²) in [6.07, 6.45) is 2.15. The minimum atomic E-state index is -0.374. The highest BCUT2D eigenvalue weighted by molar-refractivity contribution is 6.05. The molecule has 7 nitrogen and oxygen atoms in total. The molecule has 158 valence electrons.